The van der Waals surface area contributed by atoms with E-state index in [1.807, 2.05) is 12.1 Å². The van der Waals surface area contributed by atoms with Crippen molar-refractivity contribution in [2.24, 2.45) is 0 Å². The van der Waals surface area contributed by atoms with E-state index >= 15 is 0 Å². The molecule has 0 spiro atoms. The molecule has 1 aliphatic carbocycles. The first-order valence-electron chi connectivity index (χ1n) is 9.17. The maximum absolute atomic E-state index is 13.1. The van der Waals surface area contributed by atoms with Crippen LogP contribution < -0.4 is 9.64 Å². The van der Waals surface area contributed by atoms with Gasteiger partial charge < -0.3 is 14.5 Å². The first-order valence-corrected chi connectivity index (χ1v) is 10.6. The number of rotatable bonds is 3. The third-order valence-corrected chi connectivity index (χ3v) is 7.50. The lowest BCUT2D eigenvalue weighted by atomic mass is 10.2. The Kier molecular flexibility index (Phi) is 4.42. The highest BCUT2D eigenvalue weighted by molar-refractivity contribution is 7.89. The summed E-state index contributed by atoms with van der Waals surface area (Å²) >= 11 is 0. The summed E-state index contributed by atoms with van der Waals surface area (Å²) in [6, 6.07) is 6.32. The molecular weight excluding hydrogens is 338 g/mol. The third kappa shape index (κ3) is 3.25. The standard InChI is InChI=1S/C18H27N3O3S/c1-19(2)16-8-10-20(13-16)15-6-7-18-17(12-15)24-11-3-9-21(14-4-5-14)25(18,22)23/h6-7,12,14,16H,3-5,8-11,13H2,1-2H3/t16-/m0/s1. The summed E-state index contributed by atoms with van der Waals surface area (Å²) in [5.74, 6) is 0.510. The van der Waals surface area contributed by atoms with E-state index in [0.29, 0.717) is 29.8 Å². The molecule has 0 aromatic heterocycles. The van der Waals surface area contributed by atoms with E-state index in [-0.39, 0.29) is 6.04 Å². The Morgan fingerprint density at radius 2 is 1.96 bits per heavy atom. The van der Waals surface area contributed by atoms with E-state index in [9.17, 15) is 8.42 Å². The molecule has 1 atom stereocenters. The Morgan fingerprint density at radius 3 is 2.64 bits per heavy atom. The second-order valence-electron chi connectivity index (χ2n) is 7.53. The average Bonchev–Trinajstić information content (AvgIpc) is 3.26. The number of fused-ring (bicyclic) bond motifs is 1. The van der Waals surface area contributed by atoms with Crippen LogP contribution in [0.4, 0.5) is 5.69 Å². The fourth-order valence-electron chi connectivity index (χ4n) is 3.81. The van der Waals surface area contributed by atoms with Crippen LogP contribution in [0.2, 0.25) is 0 Å². The van der Waals surface area contributed by atoms with Crippen LogP contribution in [0.25, 0.3) is 0 Å². The molecule has 0 unspecified atom stereocenters. The van der Waals surface area contributed by atoms with Crippen molar-refractivity contribution in [2.75, 3.05) is 45.2 Å². The summed E-state index contributed by atoms with van der Waals surface area (Å²) in [6.07, 6.45) is 3.82. The van der Waals surface area contributed by atoms with Gasteiger partial charge in [0.15, 0.2) is 0 Å². The van der Waals surface area contributed by atoms with Crippen LogP contribution in [0.5, 0.6) is 5.75 Å². The normalized spacial score (nSPS) is 26.8. The van der Waals surface area contributed by atoms with Gasteiger partial charge in [-0.2, -0.15) is 4.31 Å². The Balaban J connectivity index is 1.64. The lowest BCUT2D eigenvalue weighted by molar-refractivity contribution is 0.269. The topological polar surface area (TPSA) is 53.1 Å². The predicted octanol–water partition coefficient (Wildman–Crippen LogP) is 1.76. The fraction of sp³-hybridized carbons (Fsp3) is 0.667. The minimum atomic E-state index is -3.46. The van der Waals surface area contributed by atoms with Gasteiger partial charge in [0.2, 0.25) is 10.0 Å². The van der Waals surface area contributed by atoms with Crippen LogP contribution >= 0.6 is 0 Å². The van der Waals surface area contributed by atoms with Crippen molar-refractivity contribution in [3.8, 4) is 5.75 Å². The number of likely N-dealkylation sites (N-methyl/N-ethyl adjacent to an activating group) is 1. The summed E-state index contributed by atoms with van der Waals surface area (Å²) in [4.78, 5) is 4.90. The maximum Gasteiger partial charge on any atom is 0.247 e. The number of hydrogen-bond donors (Lipinski definition) is 0. The summed E-state index contributed by atoms with van der Waals surface area (Å²) in [5, 5.41) is 0. The lowest BCUT2D eigenvalue weighted by Gasteiger charge is -2.27. The largest absolute Gasteiger partial charge is 0.492 e. The fourth-order valence-corrected chi connectivity index (χ4v) is 5.65. The Labute approximate surface area is 150 Å². The lowest BCUT2D eigenvalue weighted by Crippen LogP contribution is -2.36. The van der Waals surface area contributed by atoms with Gasteiger partial charge in [-0.05, 0) is 51.9 Å². The molecule has 1 aromatic rings. The highest BCUT2D eigenvalue weighted by atomic mass is 32.2. The number of nitrogens with zero attached hydrogens (tertiary/aromatic N) is 3. The monoisotopic (exact) mass is 365 g/mol. The highest BCUT2D eigenvalue weighted by Crippen LogP contribution is 2.38. The van der Waals surface area contributed by atoms with Crippen LogP contribution in [0, 0.1) is 0 Å². The number of anilines is 1. The van der Waals surface area contributed by atoms with E-state index in [2.05, 4.69) is 23.9 Å². The minimum Gasteiger partial charge on any atom is -0.492 e. The molecule has 1 saturated carbocycles. The quantitative estimate of drug-likeness (QED) is 0.817. The second kappa shape index (κ2) is 6.45. The molecule has 2 fully saturated rings. The molecule has 1 saturated heterocycles. The highest BCUT2D eigenvalue weighted by Gasteiger charge is 2.40. The van der Waals surface area contributed by atoms with Crippen molar-refractivity contribution in [3.63, 3.8) is 0 Å². The molecular formula is C18H27N3O3S. The SMILES string of the molecule is CN(C)[C@H]1CCN(c2ccc3c(c2)OCCCN(C2CC2)S3(=O)=O)C1. The van der Waals surface area contributed by atoms with Gasteiger partial charge in [-0.15, -0.1) is 0 Å². The molecule has 1 aromatic carbocycles. The molecule has 0 amide bonds. The molecule has 2 aliphatic heterocycles. The maximum atomic E-state index is 13.1. The van der Waals surface area contributed by atoms with Gasteiger partial charge in [0, 0.05) is 43.5 Å². The van der Waals surface area contributed by atoms with Crippen molar-refractivity contribution in [2.45, 2.75) is 42.7 Å². The van der Waals surface area contributed by atoms with Gasteiger partial charge in [-0.25, -0.2) is 8.42 Å². The van der Waals surface area contributed by atoms with E-state index in [1.54, 1.807) is 10.4 Å². The first-order chi connectivity index (χ1) is 12.0. The molecule has 6 nitrogen and oxygen atoms in total. The molecule has 0 N–H and O–H groups in total. The minimum absolute atomic E-state index is 0.190. The van der Waals surface area contributed by atoms with Gasteiger partial charge in [0.25, 0.3) is 0 Å². The van der Waals surface area contributed by atoms with E-state index in [0.717, 1.165) is 44.5 Å². The Morgan fingerprint density at radius 1 is 1.16 bits per heavy atom. The zero-order valence-corrected chi connectivity index (χ0v) is 15.8. The van der Waals surface area contributed by atoms with Gasteiger partial charge in [-0.3, -0.25) is 0 Å². The molecule has 3 aliphatic rings. The average molecular weight is 365 g/mol. The van der Waals surface area contributed by atoms with Crippen LogP contribution in [0.3, 0.4) is 0 Å². The smallest absolute Gasteiger partial charge is 0.247 e. The Bertz CT molecular complexity index is 746. The molecule has 7 heteroatoms. The number of hydrogen-bond acceptors (Lipinski definition) is 5. The summed E-state index contributed by atoms with van der Waals surface area (Å²) in [5.41, 5.74) is 1.05. The number of sulfonamides is 1. The molecule has 0 bridgehead atoms. The van der Waals surface area contributed by atoms with E-state index in [4.69, 9.17) is 4.74 Å². The van der Waals surface area contributed by atoms with Crippen molar-refractivity contribution < 1.29 is 13.2 Å². The summed E-state index contributed by atoms with van der Waals surface area (Å²) in [7, 11) is 0.754. The molecule has 4 rings (SSSR count). The van der Waals surface area contributed by atoms with Crippen LogP contribution in [0.1, 0.15) is 25.7 Å². The van der Waals surface area contributed by atoms with Gasteiger partial charge >= 0.3 is 0 Å². The van der Waals surface area contributed by atoms with Crippen molar-refractivity contribution in [1.82, 2.24) is 9.21 Å². The predicted molar refractivity (Wildman–Crippen MR) is 97.8 cm³/mol. The second-order valence-corrected chi connectivity index (χ2v) is 9.39. The zero-order chi connectivity index (χ0) is 17.6. The number of benzene rings is 1. The number of ether oxygens (including phenoxy) is 1. The van der Waals surface area contributed by atoms with E-state index in [1.165, 1.54) is 0 Å². The van der Waals surface area contributed by atoms with E-state index < -0.39 is 10.0 Å². The zero-order valence-electron chi connectivity index (χ0n) is 15.0. The summed E-state index contributed by atoms with van der Waals surface area (Å²) < 4.78 is 33.6. The first kappa shape index (κ1) is 17.1. The third-order valence-electron chi connectivity index (χ3n) is 5.51. The Hall–Kier alpha value is -1.31. The van der Waals surface area contributed by atoms with Crippen LogP contribution in [-0.2, 0) is 10.0 Å². The van der Waals surface area contributed by atoms with Gasteiger partial charge in [0.1, 0.15) is 10.6 Å². The van der Waals surface area contributed by atoms with Crippen LogP contribution in [-0.4, -0.2) is 70.0 Å². The van der Waals surface area contributed by atoms with Crippen molar-refractivity contribution >= 4 is 15.7 Å². The summed E-state index contributed by atoms with van der Waals surface area (Å²) in [6.45, 7) is 3.08. The van der Waals surface area contributed by atoms with Gasteiger partial charge in [0.05, 0.1) is 6.61 Å². The molecule has 2 heterocycles. The van der Waals surface area contributed by atoms with Crippen molar-refractivity contribution in [1.29, 1.82) is 0 Å². The van der Waals surface area contributed by atoms with Crippen molar-refractivity contribution in [3.05, 3.63) is 18.2 Å². The molecule has 25 heavy (non-hydrogen) atoms. The van der Waals surface area contributed by atoms with Crippen LogP contribution in [0.15, 0.2) is 23.1 Å². The molecule has 0 radical (unpaired) electrons. The molecule has 138 valence electrons. The van der Waals surface area contributed by atoms with Gasteiger partial charge in [-0.1, -0.05) is 0 Å².